The van der Waals surface area contributed by atoms with Crippen LogP contribution in [0.25, 0.3) is 5.57 Å². The number of aryl methyl sites for hydroxylation is 1. The summed E-state index contributed by atoms with van der Waals surface area (Å²) >= 11 is 6.12. The number of halogens is 1. The first kappa shape index (κ1) is 21.4. The molecule has 1 aliphatic carbocycles. The fraction of sp³-hybridized carbons (Fsp3) is 0.231. The minimum absolute atomic E-state index is 0.118. The van der Waals surface area contributed by atoms with Crippen LogP contribution in [0, 0.1) is 12.8 Å². The first-order valence-corrected chi connectivity index (χ1v) is 12.6. The van der Waals surface area contributed by atoms with Gasteiger partial charge >= 0.3 is 0 Å². The Morgan fingerprint density at radius 2 is 1.62 bits per heavy atom. The number of sulfonamides is 1. The van der Waals surface area contributed by atoms with Crippen molar-refractivity contribution in [2.45, 2.75) is 36.8 Å². The van der Waals surface area contributed by atoms with Crippen molar-refractivity contribution in [3.63, 3.8) is 0 Å². The van der Waals surface area contributed by atoms with Crippen LogP contribution < -0.4 is 0 Å². The van der Waals surface area contributed by atoms with E-state index in [0.29, 0.717) is 11.4 Å². The van der Waals surface area contributed by atoms with Gasteiger partial charge in [-0.2, -0.15) is 0 Å². The monoisotopic (exact) mass is 465 g/mol. The first-order chi connectivity index (χ1) is 15.4. The number of hydrogen-bond donors (Lipinski definition) is 0. The Morgan fingerprint density at radius 1 is 0.938 bits per heavy atom. The van der Waals surface area contributed by atoms with E-state index < -0.39 is 16.1 Å². The van der Waals surface area contributed by atoms with E-state index in [2.05, 4.69) is 6.08 Å². The van der Waals surface area contributed by atoms with Crippen molar-refractivity contribution in [1.29, 1.82) is 0 Å². The number of nitrogens with zero attached hydrogens (tertiary/aromatic N) is 1. The highest BCUT2D eigenvalue weighted by molar-refractivity contribution is 7.89. The molecule has 6 heteroatoms. The van der Waals surface area contributed by atoms with Crippen molar-refractivity contribution in [3.05, 3.63) is 107 Å². The number of benzene rings is 3. The number of rotatable bonds is 4. The van der Waals surface area contributed by atoms with Gasteiger partial charge in [-0.1, -0.05) is 82.3 Å². The van der Waals surface area contributed by atoms with Crippen molar-refractivity contribution in [1.82, 2.24) is 4.47 Å². The third-order valence-corrected chi connectivity index (χ3v) is 8.23. The summed E-state index contributed by atoms with van der Waals surface area (Å²) < 4.78 is 28.5. The predicted molar refractivity (Wildman–Crippen MR) is 126 cm³/mol. The Balaban J connectivity index is 1.60. The molecule has 1 aliphatic heterocycles. The van der Waals surface area contributed by atoms with Crippen molar-refractivity contribution < 1.29 is 13.3 Å². The molecule has 32 heavy (non-hydrogen) atoms. The molecule has 0 spiro atoms. The SMILES string of the molecule is Cc1ccc(S(=O)(=O)N2O[C@H](c3ccccc3)[C@@H]3C(c4ccc(Cl)cc4)=CCC[C@@H]32)cc1. The van der Waals surface area contributed by atoms with Gasteiger partial charge < -0.3 is 0 Å². The van der Waals surface area contributed by atoms with Crippen LogP contribution in [0.3, 0.4) is 0 Å². The van der Waals surface area contributed by atoms with Crippen LogP contribution >= 0.6 is 11.6 Å². The Morgan fingerprint density at radius 3 is 2.31 bits per heavy atom. The van der Waals surface area contributed by atoms with Crippen LogP contribution in [0.5, 0.6) is 0 Å². The summed E-state index contributed by atoms with van der Waals surface area (Å²) in [6.45, 7) is 1.94. The third-order valence-electron chi connectivity index (χ3n) is 6.28. The number of allylic oxidation sites excluding steroid dienone is 1. The Bertz CT molecular complexity index is 1240. The molecule has 0 saturated carbocycles. The number of hydroxylamine groups is 1. The predicted octanol–water partition coefficient (Wildman–Crippen LogP) is 6.19. The van der Waals surface area contributed by atoms with Crippen LogP contribution in [0.15, 0.2) is 89.8 Å². The van der Waals surface area contributed by atoms with Gasteiger partial charge in [0.2, 0.25) is 0 Å². The van der Waals surface area contributed by atoms with E-state index in [-0.39, 0.29) is 16.9 Å². The second-order valence-corrected chi connectivity index (χ2v) is 10.6. The van der Waals surface area contributed by atoms with E-state index in [9.17, 15) is 8.42 Å². The normalized spacial score (nSPS) is 23.6. The molecule has 164 valence electrons. The fourth-order valence-electron chi connectivity index (χ4n) is 4.70. The smallest absolute Gasteiger partial charge is 0.265 e. The average molecular weight is 466 g/mol. The highest BCUT2D eigenvalue weighted by atomic mass is 35.5. The van der Waals surface area contributed by atoms with Crippen molar-refractivity contribution in [3.8, 4) is 0 Å². The second-order valence-electron chi connectivity index (χ2n) is 8.35. The highest BCUT2D eigenvalue weighted by Gasteiger charge is 2.51. The maximum atomic E-state index is 13.6. The molecule has 3 aromatic carbocycles. The van der Waals surface area contributed by atoms with Gasteiger partial charge in [-0.05, 0) is 60.7 Å². The van der Waals surface area contributed by atoms with Gasteiger partial charge in [-0.3, -0.25) is 4.84 Å². The molecule has 1 fully saturated rings. The lowest BCUT2D eigenvalue weighted by molar-refractivity contribution is -0.0928. The molecule has 3 atom stereocenters. The summed E-state index contributed by atoms with van der Waals surface area (Å²) in [5.41, 5.74) is 4.12. The fourth-order valence-corrected chi connectivity index (χ4v) is 6.31. The highest BCUT2D eigenvalue weighted by Crippen LogP contribution is 2.51. The summed E-state index contributed by atoms with van der Waals surface area (Å²) in [5, 5.41) is 0.674. The summed E-state index contributed by atoms with van der Waals surface area (Å²) in [5.74, 6) is -0.118. The molecule has 4 nitrogen and oxygen atoms in total. The van der Waals surface area contributed by atoms with E-state index in [1.54, 1.807) is 12.1 Å². The van der Waals surface area contributed by atoms with Crippen LogP contribution in [-0.4, -0.2) is 18.9 Å². The van der Waals surface area contributed by atoms with E-state index in [0.717, 1.165) is 28.7 Å². The Labute approximate surface area is 194 Å². The second kappa shape index (κ2) is 8.49. The van der Waals surface area contributed by atoms with Crippen LogP contribution in [0.4, 0.5) is 0 Å². The molecule has 1 saturated heterocycles. The molecule has 3 aromatic rings. The quantitative estimate of drug-likeness (QED) is 0.461. The molecule has 0 radical (unpaired) electrons. The van der Waals surface area contributed by atoms with E-state index >= 15 is 0 Å². The Kier molecular flexibility index (Phi) is 5.68. The molecule has 0 N–H and O–H groups in total. The lowest BCUT2D eigenvalue weighted by atomic mass is 9.76. The van der Waals surface area contributed by atoms with Gasteiger partial charge in [-0.25, -0.2) is 8.42 Å². The van der Waals surface area contributed by atoms with Crippen LogP contribution in [0.1, 0.15) is 35.6 Å². The van der Waals surface area contributed by atoms with Crippen molar-refractivity contribution >= 4 is 27.2 Å². The maximum absolute atomic E-state index is 13.6. The summed E-state index contributed by atoms with van der Waals surface area (Å²) in [6.07, 6.45) is 3.30. The van der Waals surface area contributed by atoms with Gasteiger partial charge in [0.25, 0.3) is 10.0 Å². The molecular weight excluding hydrogens is 442 g/mol. The van der Waals surface area contributed by atoms with E-state index in [4.69, 9.17) is 16.4 Å². The summed E-state index contributed by atoms with van der Waals surface area (Å²) in [7, 11) is -3.82. The largest absolute Gasteiger partial charge is 0.275 e. The van der Waals surface area contributed by atoms with Gasteiger partial charge in [0.05, 0.1) is 10.9 Å². The molecular formula is C26H24ClNO3S. The van der Waals surface area contributed by atoms with Crippen LogP contribution in [0.2, 0.25) is 5.02 Å². The van der Waals surface area contributed by atoms with E-state index in [1.807, 2.05) is 73.7 Å². The van der Waals surface area contributed by atoms with E-state index in [1.165, 1.54) is 4.47 Å². The zero-order valence-corrected chi connectivity index (χ0v) is 19.3. The topological polar surface area (TPSA) is 46.6 Å². The zero-order chi connectivity index (χ0) is 22.3. The lowest BCUT2D eigenvalue weighted by Crippen LogP contribution is -2.38. The molecule has 5 rings (SSSR count). The number of fused-ring (bicyclic) bond motifs is 1. The summed E-state index contributed by atoms with van der Waals surface area (Å²) in [6, 6.07) is 24.2. The lowest BCUT2D eigenvalue weighted by Gasteiger charge is -2.30. The van der Waals surface area contributed by atoms with Crippen molar-refractivity contribution in [2.75, 3.05) is 0 Å². The standard InChI is InChI=1S/C26H24ClNO3S/c1-18-10-16-22(17-11-18)32(29,30)28-24-9-5-8-23(19-12-14-21(27)15-13-19)25(24)26(31-28)20-6-3-2-4-7-20/h2-4,6-8,10-17,24-26H,5,9H2,1H3/t24-,25+,26+/m0/s1. The van der Waals surface area contributed by atoms with Crippen LogP contribution in [-0.2, 0) is 14.9 Å². The first-order valence-electron chi connectivity index (χ1n) is 10.7. The summed E-state index contributed by atoms with van der Waals surface area (Å²) in [4.78, 5) is 6.55. The van der Waals surface area contributed by atoms with Gasteiger partial charge in [0, 0.05) is 10.9 Å². The van der Waals surface area contributed by atoms with Crippen molar-refractivity contribution in [2.24, 2.45) is 5.92 Å². The zero-order valence-electron chi connectivity index (χ0n) is 17.7. The molecule has 2 aliphatic rings. The minimum Gasteiger partial charge on any atom is -0.275 e. The molecule has 0 amide bonds. The minimum atomic E-state index is -3.82. The number of hydrogen-bond acceptors (Lipinski definition) is 3. The van der Waals surface area contributed by atoms with Gasteiger partial charge in [-0.15, -0.1) is 0 Å². The third kappa shape index (κ3) is 3.80. The molecule has 1 heterocycles. The van der Waals surface area contributed by atoms with Gasteiger partial charge in [0.15, 0.2) is 0 Å². The molecule has 0 bridgehead atoms. The maximum Gasteiger partial charge on any atom is 0.265 e. The average Bonchev–Trinajstić information content (AvgIpc) is 3.21. The Hall–Kier alpha value is -2.44. The molecule has 0 unspecified atom stereocenters. The van der Waals surface area contributed by atoms with Gasteiger partial charge in [0.1, 0.15) is 6.10 Å². The molecule has 0 aromatic heterocycles.